The van der Waals surface area contributed by atoms with Crippen molar-refractivity contribution in [2.24, 2.45) is 0 Å². The Morgan fingerprint density at radius 3 is 2.65 bits per heavy atom. The molecule has 3 rings (SSSR count). The molecule has 0 unspecified atom stereocenters. The fourth-order valence-electron chi connectivity index (χ4n) is 3.19. The quantitative estimate of drug-likeness (QED) is 0.683. The standard InChI is InChI=1S/C18H24N2/c1-4-14-5-7-15(8-6-14)16-9-10-18-17(11-16)12-20(19-18)13(2)3/h4,9-13,15H,5-8H2,1-3H3. The van der Waals surface area contributed by atoms with Gasteiger partial charge in [-0.15, -0.1) is 0 Å². The number of hydrogen-bond donors (Lipinski definition) is 0. The minimum Gasteiger partial charge on any atom is -0.269 e. The van der Waals surface area contributed by atoms with Crippen LogP contribution < -0.4 is 0 Å². The van der Waals surface area contributed by atoms with Crippen LogP contribution >= 0.6 is 0 Å². The van der Waals surface area contributed by atoms with E-state index in [2.05, 4.69) is 61.0 Å². The fourth-order valence-corrected chi connectivity index (χ4v) is 3.19. The van der Waals surface area contributed by atoms with Gasteiger partial charge in [-0.25, -0.2) is 0 Å². The van der Waals surface area contributed by atoms with Gasteiger partial charge >= 0.3 is 0 Å². The summed E-state index contributed by atoms with van der Waals surface area (Å²) in [6.07, 6.45) is 9.61. The second-order valence-corrected chi connectivity index (χ2v) is 6.24. The van der Waals surface area contributed by atoms with Gasteiger partial charge in [-0.2, -0.15) is 5.10 Å². The van der Waals surface area contributed by atoms with Crippen molar-refractivity contribution in [2.45, 2.75) is 58.4 Å². The largest absolute Gasteiger partial charge is 0.269 e. The Kier molecular flexibility index (Phi) is 3.64. The molecule has 0 atom stereocenters. The molecule has 2 nitrogen and oxygen atoms in total. The third-order valence-corrected chi connectivity index (χ3v) is 4.58. The molecule has 2 heteroatoms. The topological polar surface area (TPSA) is 17.8 Å². The van der Waals surface area contributed by atoms with Crippen molar-refractivity contribution in [1.82, 2.24) is 9.78 Å². The Morgan fingerprint density at radius 2 is 2.00 bits per heavy atom. The molecule has 1 aliphatic carbocycles. The van der Waals surface area contributed by atoms with E-state index in [9.17, 15) is 0 Å². The SMILES string of the molecule is CC=C1CCC(c2ccc3nn(C(C)C)cc3c2)CC1. The van der Waals surface area contributed by atoms with Crippen LogP contribution in [0, 0.1) is 0 Å². The predicted molar refractivity (Wildman–Crippen MR) is 85.1 cm³/mol. The van der Waals surface area contributed by atoms with E-state index in [0.717, 1.165) is 11.4 Å². The Labute approximate surface area is 121 Å². The first-order valence-corrected chi connectivity index (χ1v) is 7.80. The van der Waals surface area contributed by atoms with E-state index in [1.165, 1.54) is 36.6 Å². The number of rotatable bonds is 2. The summed E-state index contributed by atoms with van der Waals surface area (Å²) in [5.74, 6) is 0.727. The van der Waals surface area contributed by atoms with Crippen LogP contribution in [0.25, 0.3) is 10.9 Å². The zero-order valence-electron chi connectivity index (χ0n) is 12.8. The minimum atomic E-state index is 0.429. The maximum atomic E-state index is 4.63. The van der Waals surface area contributed by atoms with Gasteiger partial charge in [0.1, 0.15) is 0 Å². The first-order chi connectivity index (χ1) is 9.67. The Balaban J connectivity index is 1.85. The van der Waals surface area contributed by atoms with Gasteiger partial charge < -0.3 is 0 Å². The van der Waals surface area contributed by atoms with Crippen molar-refractivity contribution in [2.75, 3.05) is 0 Å². The molecular weight excluding hydrogens is 244 g/mol. The van der Waals surface area contributed by atoms with Crippen molar-refractivity contribution in [3.8, 4) is 0 Å². The lowest BCUT2D eigenvalue weighted by molar-refractivity contribution is 0.516. The Morgan fingerprint density at radius 1 is 1.25 bits per heavy atom. The molecule has 0 bridgehead atoms. The van der Waals surface area contributed by atoms with E-state index in [0.29, 0.717) is 6.04 Å². The Bertz CT molecular complexity index is 624. The maximum absolute atomic E-state index is 4.63. The highest BCUT2D eigenvalue weighted by Crippen LogP contribution is 2.36. The normalized spacial score (nSPS) is 19.8. The smallest absolute Gasteiger partial charge is 0.0923 e. The van der Waals surface area contributed by atoms with Crippen LogP contribution in [0.15, 0.2) is 36.0 Å². The molecule has 1 aliphatic rings. The van der Waals surface area contributed by atoms with E-state index < -0.39 is 0 Å². The summed E-state index contributed by atoms with van der Waals surface area (Å²) in [6.45, 7) is 6.51. The molecule has 1 saturated carbocycles. The molecule has 0 N–H and O–H groups in total. The van der Waals surface area contributed by atoms with Gasteiger partial charge in [0.15, 0.2) is 0 Å². The molecule has 1 fully saturated rings. The van der Waals surface area contributed by atoms with Crippen molar-refractivity contribution < 1.29 is 0 Å². The molecule has 20 heavy (non-hydrogen) atoms. The molecule has 106 valence electrons. The molecule has 0 radical (unpaired) electrons. The van der Waals surface area contributed by atoms with Crippen LogP contribution in [-0.2, 0) is 0 Å². The Hall–Kier alpha value is -1.57. The lowest BCUT2D eigenvalue weighted by Crippen LogP contribution is -2.06. The van der Waals surface area contributed by atoms with Crippen LogP contribution in [0.1, 0.15) is 64.0 Å². The molecule has 0 aliphatic heterocycles. The number of nitrogens with zero attached hydrogens (tertiary/aromatic N) is 2. The van der Waals surface area contributed by atoms with Gasteiger partial charge in [0.05, 0.1) is 5.52 Å². The van der Waals surface area contributed by atoms with E-state index in [1.54, 1.807) is 5.57 Å². The lowest BCUT2D eigenvalue weighted by Gasteiger charge is -2.24. The van der Waals surface area contributed by atoms with Gasteiger partial charge in [-0.1, -0.05) is 17.7 Å². The highest BCUT2D eigenvalue weighted by atomic mass is 15.3. The van der Waals surface area contributed by atoms with Gasteiger partial charge in [-0.05, 0) is 70.1 Å². The summed E-state index contributed by atoms with van der Waals surface area (Å²) in [6, 6.07) is 7.25. The summed E-state index contributed by atoms with van der Waals surface area (Å²) < 4.78 is 2.06. The average molecular weight is 268 g/mol. The van der Waals surface area contributed by atoms with Crippen molar-refractivity contribution in [3.63, 3.8) is 0 Å². The van der Waals surface area contributed by atoms with Crippen LogP contribution in [0.2, 0.25) is 0 Å². The van der Waals surface area contributed by atoms with Gasteiger partial charge in [0.25, 0.3) is 0 Å². The highest BCUT2D eigenvalue weighted by molar-refractivity contribution is 5.79. The fraction of sp³-hybridized carbons (Fsp3) is 0.500. The first-order valence-electron chi connectivity index (χ1n) is 7.80. The van der Waals surface area contributed by atoms with Gasteiger partial charge in [0.2, 0.25) is 0 Å². The predicted octanol–water partition coefficient (Wildman–Crippen LogP) is 5.22. The number of hydrogen-bond acceptors (Lipinski definition) is 1. The van der Waals surface area contributed by atoms with Crippen LogP contribution in [0.3, 0.4) is 0 Å². The van der Waals surface area contributed by atoms with Crippen molar-refractivity contribution >= 4 is 10.9 Å². The lowest BCUT2D eigenvalue weighted by atomic mass is 9.81. The van der Waals surface area contributed by atoms with E-state index in [1.807, 2.05) is 0 Å². The van der Waals surface area contributed by atoms with E-state index >= 15 is 0 Å². The van der Waals surface area contributed by atoms with Crippen LogP contribution in [0.5, 0.6) is 0 Å². The molecule has 1 aromatic carbocycles. The highest BCUT2D eigenvalue weighted by Gasteiger charge is 2.18. The second-order valence-electron chi connectivity index (χ2n) is 6.24. The first kappa shape index (κ1) is 13.4. The third-order valence-electron chi connectivity index (χ3n) is 4.58. The summed E-state index contributed by atoms with van der Waals surface area (Å²) in [7, 11) is 0. The minimum absolute atomic E-state index is 0.429. The number of allylic oxidation sites excluding steroid dienone is 2. The van der Waals surface area contributed by atoms with Crippen LogP contribution in [-0.4, -0.2) is 9.78 Å². The number of aromatic nitrogens is 2. The zero-order valence-corrected chi connectivity index (χ0v) is 12.8. The second kappa shape index (κ2) is 5.43. The monoisotopic (exact) mass is 268 g/mol. The number of fused-ring (bicyclic) bond motifs is 1. The molecule has 2 aromatic rings. The van der Waals surface area contributed by atoms with Gasteiger partial charge in [0, 0.05) is 17.6 Å². The molecule has 0 amide bonds. The molecular formula is C18H24N2. The summed E-state index contributed by atoms with van der Waals surface area (Å²) >= 11 is 0. The van der Waals surface area contributed by atoms with Crippen molar-refractivity contribution in [1.29, 1.82) is 0 Å². The number of benzene rings is 1. The molecule has 1 heterocycles. The summed E-state index contributed by atoms with van der Waals surface area (Å²) in [4.78, 5) is 0. The average Bonchev–Trinajstić information content (AvgIpc) is 2.90. The molecule has 0 saturated heterocycles. The summed E-state index contributed by atoms with van der Waals surface area (Å²) in [5.41, 5.74) is 4.25. The van der Waals surface area contributed by atoms with E-state index in [4.69, 9.17) is 0 Å². The third kappa shape index (κ3) is 2.52. The molecule has 0 spiro atoms. The van der Waals surface area contributed by atoms with Crippen molar-refractivity contribution in [3.05, 3.63) is 41.6 Å². The molecule has 1 aromatic heterocycles. The summed E-state index contributed by atoms with van der Waals surface area (Å²) in [5, 5.41) is 5.92. The maximum Gasteiger partial charge on any atom is 0.0923 e. The zero-order chi connectivity index (χ0) is 14.1. The van der Waals surface area contributed by atoms with Gasteiger partial charge in [-0.3, -0.25) is 4.68 Å². The van der Waals surface area contributed by atoms with E-state index in [-0.39, 0.29) is 0 Å². The van der Waals surface area contributed by atoms with Crippen LogP contribution in [0.4, 0.5) is 0 Å².